The van der Waals surface area contributed by atoms with Crippen molar-refractivity contribution in [2.45, 2.75) is 12.8 Å². The summed E-state index contributed by atoms with van der Waals surface area (Å²) in [5.41, 5.74) is 3.15. The van der Waals surface area contributed by atoms with E-state index >= 15 is 0 Å². The van der Waals surface area contributed by atoms with Gasteiger partial charge >= 0.3 is 5.97 Å². The number of benzene rings is 2. The average Bonchev–Trinajstić information content (AvgIpc) is 2.92. The van der Waals surface area contributed by atoms with Gasteiger partial charge in [-0.25, -0.2) is 4.79 Å². The fourth-order valence-electron chi connectivity index (χ4n) is 4.35. The van der Waals surface area contributed by atoms with Gasteiger partial charge in [0.05, 0.1) is 25.4 Å². The van der Waals surface area contributed by atoms with Crippen molar-refractivity contribution in [3.05, 3.63) is 59.2 Å². The molecule has 0 bridgehead atoms. The number of hydrogen-bond acceptors (Lipinski definition) is 7. The minimum absolute atomic E-state index is 0.0748. The molecule has 1 amide bonds. The highest BCUT2D eigenvalue weighted by molar-refractivity contribution is 5.99. The number of nitrogens with one attached hydrogen (secondary N) is 1. The molecule has 0 aromatic heterocycles. The van der Waals surface area contributed by atoms with E-state index in [1.165, 1.54) is 7.11 Å². The second kappa shape index (κ2) is 11.8. The average molecular weight is 480 g/mol. The molecular weight excluding hydrogens is 446 g/mol. The molecule has 2 aliphatic heterocycles. The molecule has 4 rings (SSSR count). The molecule has 1 fully saturated rings. The van der Waals surface area contributed by atoms with Gasteiger partial charge in [-0.15, -0.1) is 0 Å². The van der Waals surface area contributed by atoms with E-state index in [-0.39, 0.29) is 18.5 Å². The Balaban J connectivity index is 1.15. The summed E-state index contributed by atoms with van der Waals surface area (Å²) in [6.45, 7) is 5.70. The fourth-order valence-corrected chi connectivity index (χ4v) is 4.35. The maximum Gasteiger partial charge on any atom is 0.337 e. The Kier molecular flexibility index (Phi) is 8.26. The molecule has 8 nitrogen and oxygen atoms in total. The molecular formula is C27H33N3O5. The molecule has 1 saturated heterocycles. The van der Waals surface area contributed by atoms with Crippen LogP contribution < -0.4 is 19.7 Å². The van der Waals surface area contributed by atoms with Crippen molar-refractivity contribution >= 4 is 23.6 Å². The molecule has 0 spiro atoms. The third kappa shape index (κ3) is 6.33. The summed E-state index contributed by atoms with van der Waals surface area (Å²) < 4.78 is 15.8. The number of esters is 1. The number of amides is 1. The van der Waals surface area contributed by atoms with Gasteiger partial charge in [0.1, 0.15) is 18.1 Å². The predicted molar refractivity (Wildman–Crippen MR) is 135 cm³/mol. The van der Waals surface area contributed by atoms with Crippen LogP contribution in [0.5, 0.6) is 11.5 Å². The molecule has 35 heavy (non-hydrogen) atoms. The number of hydrogen-bond donors (Lipinski definition) is 1. The Hall–Kier alpha value is -3.52. The van der Waals surface area contributed by atoms with Gasteiger partial charge in [-0.3, -0.25) is 9.69 Å². The first-order valence-corrected chi connectivity index (χ1v) is 12.0. The van der Waals surface area contributed by atoms with E-state index in [9.17, 15) is 9.59 Å². The molecule has 2 aliphatic rings. The monoisotopic (exact) mass is 479 g/mol. The molecule has 2 heterocycles. The van der Waals surface area contributed by atoms with Crippen LogP contribution in [0.2, 0.25) is 0 Å². The number of anilines is 1. The highest BCUT2D eigenvalue weighted by Crippen LogP contribution is 2.30. The highest BCUT2D eigenvalue weighted by Gasteiger charge is 2.19. The lowest BCUT2D eigenvalue weighted by molar-refractivity contribution is -0.117. The van der Waals surface area contributed by atoms with Crippen LogP contribution in [-0.2, 0) is 9.53 Å². The summed E-state index contributed by atoms with van der Waals surface area (Å²) in [6.07, 6.45) is 3.83. The number of rotatable bonds is 9. The number of piperazine rings is 1. The molecule has 1 N–H and O–H groups in total. The van der Waals surface area contributed by atoms with Gasteiger partial charge < -0.3 is 24.4 Å². The lowest BCUT2D eigenvalue weighted by Crippen LogP contribution is -2.46. The third-order valence-corrected chi connectivity index (χ3v) is 6.42. The number of carbonyl (C=O) groups excluding carboxylic acids is 2. The Morgan fingerprint density at radius 2 is 1.86 bits per heavy atom. The zero-order valence-electron chi connectivity index (χ0n) is 20.4. The van der Waals surface area contributed by atoms with Crippen LogP contribution in [-0.4, -0.2) is 76.9 Å². The summed E-state index contributed by atoms with van der Waals surface area (Å²) in [4.78, 5) is 29.1. The summed E-state index contributed by atoms with van der Waals surface area (Å²) in [6, 6.07) is 13.2. The Morgan fingerprint density at radius 3 is 2.63 bits per heavy atom. The van der Waals surface area contributed by atoms with E-state index < -0.39 is 0 Å². The molecule has 2 aromatic carbocycles. The predicted octanol–water partition coefficient (Wildman–Crippen LogP) is 2.98. The molecule has 0 unspecified atom stereocenters. The Bertz CT molecular complexity index is 1080. The van der Waals surface area contributed by atoms with Gasteiger partial charge in [0.25, 0.3) is 5.91 Å². The molecule has 0 saturated carbocycles. The number of unbranched alkanes of at least 4 members (excludes halogenated alkanes) is 1. The standard InChI is InChI=1S/C27H33N3O5/c1-33-24-9-8-20-16-22(19-35-25(20)18-24)26(31)28-10-3-4-11-29-12-14-30(15-13-29)23-7-5-6-21(17-23)27(32)34-2/h5-9,16-18H,3-4,10-15,19H2,1-2H3,(H,28,31). The van der Waals surface area contributed by atoms with Crippen LogP contribution >= 0.6 is 0 Å². The van der Waals surface area contributed by atoms with Crippen molar-refractivity contribution in [2.75, 3.05) is 65.0 Å². The maximum atomic E-state index is 12.5. The first kappa shape index (κ1) is 24.6. The van der Waals surface area contributed by atoms with Crippen LogP contribution in [0.1, 0.15) is 28.8 Å². The van der Waals surface area contributed by atoms with Crippen molar-refractivity contribution in [2.24, 2.45) is 0 Å². The molecule has 0 radical (unpaired) electrons. The van der Waals surface area contributed by atoms with E-state index in [4.69, 9.17) is 14.2 Å². The number of methoxy groups -OCH3 is 2. The van der Waals surface area contributed by atoms with Crippen molar-refractivity contribution in [1.29, 1.82) is 0 Å². The van der Waals surface area contributed by atoms with Crippen LogP contribution in [0.4, 0.5) is 5.69 Å². The first-order chi connectivity index (χ1) is 17.1. The zero-order valence-corrected chi connectivity index (χ0v) is 20.4. The van der Waals surface area contributed by atoms with Crippen molar-refractivity contribution in [1.82, 2.24) is 10.2 Å². The smallest absolute Gasteiger partial charge is 0.337 e. The highest BCUT2D eigenvalue weighted by atomic mass is 16.5. The molecule has 2 aromatic rings. The SMILES string of the molecule is COC(=O)c1cccc(N2CCN(CCCCNC(=O)C3=Cc4ccc(OC)cc4OC3)CC2)c1. The molecule has 0 atom stereocenters. The normalized spacial score (nSPS) is 15.5. The lowest BCUT2D eigenvalue weighted by Gasteiger charge is -2.36. The Morgan fingerprint density at radius 1 is 1.03 bits per heavy atom. The van der Waals surface area contributed by atoms with Gasteiger partial charge in [0.15, 0.2) is 0 Å². The van der Waals surface area contributed by atoms with Crippen molar-refractivity contribution < 1.29 is 23.8 Å². The number of carbonyl (C=O) groups is 2. The largest absolute Gasteiger partial charge is 0.497 e. The van der Waals surface area contributed by atoms with Crippen LogP contribution in [0.3, 0.4) is 0 Å². The molecule has 8 heteroatoms. The van der Waals surface area contributed by atoms with Gasteiger partial charge in [-0.1, -0.05) is 6.07 Å². The van der Waals surface area contributed by atoms with E-state index in [1.54, 1.807) is 13.2 Å². The third-order valence-electron chi connectivity index (χ3n) is 6.42. The first-order valence-electron chi connectivity index (χ1n) is 12.0. The second-order valence-corrected chi connectivity index (χ2v) is 8.70. The van der Waals surface area contributed by atoms with E-state index in [1.807, 2.05) is 42.5 Å². The number of ether oxygens (including phenoxy) is 3. The number of nitrogens with zero attached hydrogens (tertiary/aromatic N) is 2. The summed E-state index contributed by atoms with van der Waals surface area (Å²) in [5.74, 6) is 1.08. The van der Waals surface area contributed by atoms with Crippen LogP contribution in [0.25, 0.3) is 6.08 Å². The number of fused-ring (bicyclic) bond motifs is 1. The van der Waals surface area contributed by atoms with Gasteiger partial charge in [0, 0.05) is 50.0 Å². The second-order valence-electron chi connectivity index (χ2n) is 8.70. The van der Waals surface area contributed by atoms with Crippen LogP contribution in [0.15, 0.2) is 48.0 Å². The Labute approximate surface area is 206 Å². The van der Waals surface area contributed by atoms with E-state index in [2.05, 4.69) is 15.1 Å². The zero-order chi connectivity index (χ0) is 24.6. The minimum Gasteiger partial charge on any atom is -0.497 e. The summed E-state index contributed by atoms with van der Waals surface area (Å²) in [7, 11) is 3.02. The minimum atomic E-state index is -0.310. The van der Waals surface area contributed by atoms with Crippen LogP contribution in [0, 0.1) is 0 Å². The van der Waals surface area contributed by atoms with E-state index in [0.29, 0.717) is 17.7 Å². The van der Waals surface area contributed by atoms with Gasteiger partial charge in [-0.2, -0.15) is 0 Å². The molecule has 0 aliphatic carbocycles. The molecule has 186 valence electrons. The van der Waals surface area contributed by atoms with E-state index in [0.717, 1.165) is 68.3 Å². The van der Waals surface area contributed by atoms with Gasteiger partial charge in [-0.05, 0) is 55.8 Å². The lowest BCUT2D eigenvalue weighted by atomic mass is 10.1. The maximum absolute atomic E-state index is 12.5. The summed E-state index contributed by atoms with van der Waals surface area (Å²) >= 11 is 0. The van der Waals surface area contributed by atoms with Crippen molar-refractivity contribution in [3.8, 4) is 11.5 Å². The van der Waals surface area contributed by atoms with Crippen molar-refractivity contribution in [3.63, 3.8) is 0 Å². The summed E-state index contributed by atoms with van der Waals surface area (Å²) in [5, 5.41) is 3.01. The quantitative estimate of drug-likeness (QED) is 0.438. The topological polar surface area (TPSA) is 80.3 Å². The van der Waals surface area contributed by atoms with Gasteiger partial charge in [0.2, 0.25) is 0 Å². The fraction of sp³-hybridized carbons (Fsp3) is 0.407.